The van der Waals surface area contributed by atoms with Crippen LogP contribution in [0.2, 0.25) is 0 Å². The van der Waals surface area contributed by atoms with Crippen LogP contribution in [0.4, 0.5) is 5.00 Å². The normalized spacial score (nSPS) is 21.6. The van der Waals surface area contributed by atoms with E-state index in [0.29, 0.717) is 17.1 Å². The van der Waals surface area contributed by atoms with Crippen molar-refractivity contribution in [2.24, 2.45) is 5.92 Å². The summed E-state index contributed by atoms with van der Waals surface area (Å²) >= 11 is 1.43. The Bertz CT molecular complexity index is 850. The predicted molar refractivity (Wildman–Crippen MR) is 103 cm³/mol. The Hall–Kier alpha value is -2.40. The van der Waals surface area contributed by atoms with Crippen molar-refractivity contribution in [2.45, 2.75) is 57.4 Å². The summed E-state index contributed by atoms with van der Waals surface area (Å²) in [6.07, 6.45) is 7.26. The average Bonchev–Trinajstić information content (AvgIpc) is 3.43. The summed E-state index contributed by atoms with van der Waals surface area (Å²) in [5.74, 6) is -1.45. The van der Waals surface area contributed by atoms with Gasteiger partial charge in [0.05, 0.1) is 11.5 Å². The van der Waals surface area contributed by atoms with Gasteiger partial charge in [-0.2, -0.15) is 5.26 Å². The largest absolute Gasteiger partial charge is 0.455 e. The Morgan fingerprint density at radius 2 is 2.04 bits per heavy atom. The van der Waals surface area contributed by atoms with Crippen LogP contribution in [0.25, 0.3) is 0 Å². The van der Waals surface area contributed by atoms with Gasteiger partial charge in [0, 0.05) is 23.9 Å². The number of likely N-dealkylation sites (tertiary alicyclic amines) is 1. The highest BCUT2D eigenvalue weighted by molar-refractivity contribution is 7.16. The predicted octanol–water partition coefficient (Wildman–Crippen LogP) is 2.38. The first kappa shape index (κ1) is 18.9. The van der Waals surface area contributed by atoms with Gasteiger partial charge in [-0.25, -0.2) is 0 Å². The molecule has 8 heteroatoms. The van der Waals surface area contributed by atoms with E-state index in [9.17, 15) is 19.6 Å². The molecular weight excluding hydrogens is 378 g/mol. The molecule has 0 radical (unpaired) electrons. The molecule has 3 aliphatic rings. The molecule has 2 amide bonds. The fourth-order valence-electron chi connectivity index (χ4n) is 4.49. The van der Waals surface area contributed by atoms with E-state index in [2.05, 4.69) is 11.4 Å². The van der Waals surface area contributed by atoms with Gasteiger partial charge in [0.2, 0.25) is 5.91 Å². The fraction of sp³-hybridized carbons (Fsp3) is 0.600. The highest BCUT2D eigenvalue weighted by atomic mass is 32.1. The van der Waals surface area contributed by atoms with Gasteiger partial charge in [-0.3, -0.25) is 14.4 Å². The topological polar surface area (TPSA) is 99.5 Å². The molecule has 1 aromatic rings. The van der Waals surface area contributed by atoms with E-state index in [1.165, 1.54) is 11.3 Å². The van der Waals surface area contributed by atoms with E-state index in [1.54, 1.807) is 0 Å². The van der Waals surface area contributed by atoms with Crippen molar-refractivity contribution in [3.8, 4) is 6.07 Å². The number of ether oxygens (including phenoxy) is 1. The quantitative estimate of drug-likeness (QED) is 0.764. The summed E-state index contributed by atoms with van der Waals surface area (Å²) in [4.78, 5) is 39.7. The molecule has 1 atom stereocenters. The summed E-state index contributed by atoms with van der Waals surface area (Å²) in [5.41, 5.74) is 1.57. The number of nitrogens with zero attached hydrogens (tertiary/aromatic N) is 2. The third-order valence-corrected chi connectivity index (χ3v) is 7.10. The van der Waals surface area contributed by atoms with Crippen LogP contribution in [0, 0.1) is 17.2 Å². The summed E-state index contributed by atoms with van der Waals surface area (Å²) < 4.78 is 5.16. The van der Waals surface area contributed by atoms with Crippen molar-refractivity contribution in [1.82, 2.24) is 4.90 Å². The van der Waals surface area contributed by atoms with Crippen LogP contribution >= 0.6 is 11.3 Å². The molecule has 2 aliphatic carbocycles. The lowest BCUT2D eigenvalue weighted by atomic mass is 10.1. The van der Waals surface area contributed by atoms with Gasteiger partial charge in [-0.15, -0.1) is 11.3 Å². The van der Waals surface area contributed by atoms with Crippen LogP contribution in [0.3, 0.4) is 0 Å². The number of carbonyl (C=O) groups is 3. The van der Waals surface area contributed by atoms with Gasteiger partial charge in [-0.05, 0) is 37.7 Å². The van der Waals surface area contributed by atoms with Crippen LogP contribution in [0.15, 0.2) is 0 Å². The third-order valence-electron chi connectivity index (χ3n) is 5.89. The smallest absolute Gasteiger partial charge is 0.311 e. The number of anilines is 1. The lowest BCUT2D eigenvalue weighted by Gasteiger charge is -2.23. The highest BCUT2D eigenvalue weighted by Gasteiger charge is 2.39. The fourth-order valence-corrected chi connectivity index (χ4v) is 5.74. The molecule has 7 nitrogen and oxygen atoms in total. The Kier molecular flexibility index (Phi) is 5.36. The van der Waals surface area contributed by atoms with Crippen molar-refractivity contribution >= 4 is 34.1 Å². The van der Waals surface area contributed by atoms with Crippen molar-refractivity contribution in [3.63, 3.8) is 0 Å². The Morgan fingerprint density at radius 1 is 1.25 bits per heavy atom. The standard InChI is InChI=1S/C20H23N3O4S/c21-9-15-14-6-3-7-16(14)28-19(15)22-17(24)11-27-20(26)12-8-18(25)23(10-12)13-4-1-2-5-13/h12-13H,1-8,10-11H2,(H,22,24)/t12-/m1/s1. The van der Waals surface area contributed by atoms with Crippen molar-refractivity contribution < 1.29 is 19.1 Å². The molecule has 4 rings (SSSR count). The van der Waals surface area contributed by atoms with E-state index in [0.717, 1.165) is 55.4 Å². The van der Waals surface area contributed by atoms with Crippen molar-refractivity contribution in [1.29, 1.82) is 5.26 Å². The van der Waals surface area contributed by atoms with Gasteiger partial charge in [0.15, 0.2) is 6.61 Å². The molecule has 2 heterocycles. The van der Waals surface area contributed by atoms with Crippen LogP contribution in [0.1, 0.15) is 54.5 Å². The number of rotatable bonds is 5. The molecule has 0 aromatic carbocycles. The number of fused-ring (bicyclic) bond motifs is 1. The third kappa shape index (κ3) is 3.63. The zero-order valence-corrected chi connectivity index (χ0v) is 16.5. The number of nitriles is 1. The molecule has 1 aliphatic heterocycles. The minimum Gasteiger partial charge on any atom is -0.455 e. The highest BCUT2D eigenvalue weighted by Crippen LogP contribution is 2.38. The van der Waals surface area contributed by atoms with E-state index in [-0.39, 0.29) is 18.4 Å². The molecule has 1 saturated heterocycles. The number of carbonyl (C=O) groups excluding carboxylic acids is 3. The number of esters is 1. The molecule has 0 bridgehead atoms. The molecule has 148 valence electrons. The second kappa shape index (κ2) is 7.92. The van der Waals surface area contributed by atoms with E-state index in [1.807, 2.05) is 4.90 Å². The minimum absolute atomic E-state index is 0.00469. The maximum atomic E-state index is 12.3. The number of nitrogens with one attached hydrogen (secondary N) is 1. The molecule has 0 spiro atoms. The Labute approximate surface area is 167 Å². The van der Waals surface area contributed by atoms with Gasteiger partial charge in [0.1, 0.15) is 11.1 Å². The Balaban J connectivity index is 1.29. The van der Waals surface area contributed by atoms with Crippen molar-refractivity contribution in [2.75, 3.05) is 18.5 Å². The first-order valence-corrected chi connectivity index (χ1v) is 10.7. The van der Waals surface area contributed by atoms with Gasteiger partial charge < -0.3 is 15.0 Å². The maximum absolute atomic E-state index is 12.3. The molecule has 28 heavy (non-hydrogen) atoms. The van der Waals surface area contributed by atoms with Gasteiger partial charge in [0.25, 0.3) is 5.91 Å². The zero-order chi connectivity index (χ0) is 19.7. The zero-order valence-electron chi connectivity index (χ0n) is 15.7. The average molecular weight is 401 g/mol. The number of aryl methyl sites for hydroxylation is 1. The number of hydrogen-bond donors (Lipinski definition) is 1. The van der Waals surface area contributed by atoms with Crippen LogP contribution < -0.4 is 5.32 Å². The second-order valence-corrected chi connectivity index (χ2v) is 8.82. The first-order valence-electron chi connectivity index (χ1n) is 9.87. The van der Waals surface area contributed by atoms with Crippen LogP contribution in [0.5, 0.6) is 0 Å². The first-order chi connectivity index (χ1) is 13.6. The summed E-state index contributed by atoms with van der Waals surface area (Å²) in [6, 6.07) is 2.42. The summed E-state index contributed by atoms with van der Waals surface area (Å²) in [5, 5.41) is 12.6. The minimum atomic E-state index is -0.502. The Morgan fingerprint density at radius 3 is 2.79 bits per heavy atom. The molecule has 2 fully saturated rings. The lowest BCUT2D eigenvalue weighted by molar-refractivity contribution is -0.151. The maximum Gasteiger partial charge on any atom is 0.311 e. The van der Waals surface area contributed by atoms with Crippen molar-refractivity contribution in [3.05, 3.63) is 16.0 Å². The lowest BCUT2D eigenvalue weighted by Crippen LogP contribution is -2.35. The number of thiophene rings is 1. The molecule has 1 N–H and O–H groups in total. The molecular formula is C20H23N3O4S. The van der Waals surface area contributed by atoms with Gasteiger partial charge >= 0.3 is 5.97 Å². The van der Waals surface area contributed by atoms with Crippen LogP contribution in [-0.4, -0.2) is 41.9 Å². The summed E-state index contributed by atoms with van der Waals surface area (Å²) in [6.45, 7) is -0.0133. The number of hydrogen-bond acceptors (Lipinski definition) is 6. The molecule has 1 saturated carbocycles. The summed E-state index contributed by atoms with van der Waals surface area (Å²) in [7, 11) is 0. The SMILES string of the molecule is N#Cc1c(NC(=O)COC(=O)[C@@H]2CC(=O)N(C3CCCC3)C2)sc2c1CCC2. The van der Waals surface area contributed by atoms with E-state index in [4.69, 9.17) is 4.74 Å². The van der Waals surface area contributed by atoms with E-state index >= 15 is 0 Å². The van der Waals surface area contributed by atoms with E-state index < -0.39 is 24.4 Å². The number of amides is 2. The second-order valence-electron chi connectivity index (χ2n) is 7.71. The molecule has 0 unspecified atom stereocenters. The monoisotopic (exact) mass is 401 g/mol. The van der Waals surface area contributed by atoms with Gasteiger partial charge in [-0.1, -0.05) is 12.8 Å². The molecule has 1 aromatic heterocycles. The van der Waals surface area contributed by atoms with Crippen LogP contribution in [-0.2, 0) is 32.0 Å².